The molecule has 0 radical (unpaired) electrons. The number of H-pyrrole nitrogens is 1. The molecule has 0 saturated heterocycles. The van der Waals surface area contributed by atoms with Crippen molar-refractivity contribution in [1.29, 1.82) is 0 Å². The van der Waals surface area contributed by atoms with Gasteiger partial charge < -0.3 is 14.8 Å². The molecule has 2 rings (SSSR count). The van der Waals surface area contributed by atoms with Crippen molar-refractivity contribution in [2.45, 2.75) is 33.1 Å². The molecular weight excluding hydrogens is 236 g/mol. The Morgan fingerprint density at radius 1 is 1.05 bits per heavy atom. The van der Waals surface area contributed by atoms with Gasteiger partial charge in [-0.25, -0.2) is 0 Å². The number of aromatic nitrogens is 1. The molecule has 1 aromatic heterocycles. The number of hydrogen-bond acceptors (Lipinski definition) is 1. The topological polar surface area (TPSA) is 38.8 Å². The molecule has 0 fully saturated rings. The van der Waals surface area contributed by atoms with Gasteiger partial charge in [0.25, 0.3) is 0 Å². The summed E-state index contributed by atoms with van der Waals surface area (Å²) in [6.07, 6.45) is 4.81. The molecule has 0 aliphatic rings. The molecule has 1 heterocycles. The zero-order valence-electron chi connectivity index (χ0n) is 12.0. The van der Waals surface area contributed by atoms with Crippen LogP contribution in [0.5, 0.6) is 0 Å². The van der Waals surface area contributed by atoms with Crippen molar-refractivity contribution in [2.24, 2.45) is 0 Å². The van der Waals surface area contributed by atoms with E-state index in [1.54, 1.807) is 0 Å². The van der Waals surface area contributed by atoms with Crippen LogP contribution in [0.4, 0.5) is 0 Å². The van der Waals surface area contributed by atoms with Gasteiger partial charge in [0.15, 0.2) is 0 Å². The number of rotatable bonds is 7. The second-order valence-corrected chi connectivity index (χ2v) is 5.34. The quantitative estimate of drug-likeness (QED) is 0.596. The van der Waals surface area contributed by atoms with E-state index in [4.69, 9.17) is 0 Å². The van der Waals surface area contributed by atoms with Gasteiger partial charge in [0.05, 0.1) is 19.6 Å². The van der Waals surface area contributed by atoms with E-state index in [0.29, 0.717) is 6.54 Å². The third kappa shape index (κ3) is 3.37. The first kappa shape index (κ1) is 14.1. The molecule has 0 saturated carbocycles. The van der Waals surface area contributed by atoms with Crippen LogP contribution in [0.3, 0.4) is 0 Å². The summed E-state index contributed by atoms with van der Waals surface area (Å²) in [7, 11) is 0. The summed E-state index contributed by atoms with van der Waals surface area (Å²) in [6.45, 7) is 6.33. The molecule has 19 heavy (non-hydrogen) atoms. The number of nitrogens with zero attached hydrogens (tertiary/aromatic N) is 1. The van der Waals surface area contributed by atoms with Crippen molar-refractivity contribution in [3.05, 3.63) is 41.2 Å². The summed E-state index contributed by atoms with van der Waals surface area (Å²) in [6, 6.07) is 8.29. The summed E-state index contributed by atoms with van der Waals surface area (Å²) >= 11 is 0. The molecule has 104 valence electrons. The third-order valence-electron chi connectivity index (χ3n) is 3.73. The highest BCUT2D eigenvalue weighted by Gasteiger charge is 2.15. The maximum Gasteiger partial charge on any atom is 0.0825 e. The average molecular weight is 260 g/mol. The van der Waals surface area contributed by atoms with Crippen LogP contribution in [0.2, 0.25) is 0 Å². The number of nitrogens with one attached hydrogen (secondary N) is 1. The van der Waals surface area contributed by atoms with Crippen LogP contribution in [0, 0.1) is 5.21 Å². The molecule has 0 unspecified atom stereocenters. The Kier molecular flexibility index (Phi) is 4.61. The van der Waals surface area contributed by atoms with E-state index in [1.807, 2.05) is 12.3 Å². The normalized spacial score (nSPS) is 12.2. The predicted octanol–water partition coefficient (Wildman–Crippen LogP) is 3.85. The number of fused-ring (bicyclic) bond motifs is 1. The Balaban J connectivity index is 2.08. The van der Waals surface area contributed by atoms with Gasteiger partial charge in [0.1, 0.15) is 0 Å². The van der Waals surface area contributed by atoms with E-state index in [2.05, 4.69) is 37.0 Å². The zero-order chi connectivity index (χ0) is 13.7. The SMILES string of the molecule is CCC[N+]([O-])(CCC)CCc1c[nH]c2ccccc12. The molecule has 0 bridgehead atoms. The molecule has 0 aliphatic heterocycles. The summed E-state index contributed by atoms with van der Waals surface area (Å²) in [5.74, 6) is 0. The van der Waals surface area contributed by atoms with Crippen LogP contribution < -0.4 is 0 Å². The smallest absolute Gasteiger partial charge is 0.0825 e. The van der Waals surface area contributed by atoms with Crippen LogP contribution in [0.15, 0.2) is 30.5 Å². The monoisotopic (exact) mass is 260 g/mol. The second kappa shape index (κ2) is 6.22. The fourth-order valence-corrected chi connectivity index (χ4v) is 2.81. The van der Waals surface area contributed by atoms with Crippen molar-refractivity contribution in [3.63, 3.8) is 0 Å². The van der Waals surface area contributed by atoms with Crippen LogP contribution in [-0.4, -0.2) is 29.3 Å². The van der Waals surface area contributed by atoms with Gasteiger partial charge in [-0.15, -0.1) is 0 Å². The number of hydroxylamine groups is 3. The van der Waals surface area contributed by atoms with Gasteiger partial charge in [-0.2, -0.15) is 0 Å². The lowest BCUT2D eigenvalue weighted by Crippen LogP contribution is -2.44. The fraction of sp³-hybridized carbons (Fsp3) is 0.500. The first-order chi connectivity index (χ1) is 9.18. The molecule has 0 aliphatic carbocycles. The lowest BCUT2D eigenvalue weighted by atomic mass is 10.1. The average Bonchev–Trinajstić information content (AvgIpc) is 2.80. The molecule has 0 atom stereocenters. The van der Waals surface area contributed by atoms with Gasteiger partial charge in [-0.3, -0.25) is 0 Å². The third-order valence-corrected chi connectivity index (χ3v) is 3.73. The maximum absolute atomic E-state index is 12.7. The number of aromatic amines is 1. The van der Waals surface area contributed by atoms with E-state index in [0.717, 1.165) is 37.9 Å². The van der Waals surface area contributed by atoms with E-state index < -0.39 is 0 Å². The predicted molar refractivity (Wildman–Crippen MR) is 80.8 cm³/mol. The van der Waals surface area contributed by atoms with Crippen molar-refractivity contribution < 1.29 is 4.65 Å². The van der Waals surface area contributed by atoms with Crippen LogP contribution in [0.25, 0.3) is 10.9 Å². The van der Waals surface area contributed by atoms with E-state index in [-0.39, 0.29) is 4.65 Å². The zero-order valence-corrected chi connectivity index (χ0v) is 12.0. The lowest BCUT2D eigenvalue weighted by molar-refractivity contribution is -0.880. The van der Waals surface area contributed by atoms with Gasteiger partial charge in [-0.1, -0.05) is 32.0 Å². The van der Waals surface area contributed by atoms with E-state index in [9.17, 15) is 5.21 Å². The Morgan fingerprint density at radius 2 is 1.74 bits per heavy atom. The minimum absolute atomic E-state index is 0.0491. The van der Waals surface area contributed by atoms with Gasteiger partial charge in [-0.05, 0) is 24.5 Å². The van der Waals surface area contributed by atoms with E-state index >= 15 is 0 Å². The minimum Gasteiger partial charge on any atom is -0.633 e. The van der Waals surface area contributed by atoms with Crippen LogP contribution >= 0.6 is 0 Å². The molecule has 1 N–H and O–H groups in total. The highest BCUT2D eigenvalue weighted by atomic mass is 16.5. The molecule has 2 aromatic rings. The standard InChI is InChI=1S/C16H24N2O/c1-3-10-18(19,11-4-2)12-9-14-13-17-16-8-6-5-7-15(14)16/h5-8,13,17H,3-4,9-12H2,1-2H3. The largest absolute Gasteiger partial charge is 0.633 e. The molecule has 0 amide bonds. The number of para-hydroxylation sites is 1. The molecule has 3 heteroatoms. The summed E-state index contributed by atoms with van der Waals surface area (Å²) in [5, 5.41) is 13.9. The van der Waals surface area contributed by atoms with Crippen molar-refractivity contribution >= 4 is 10.9 Å². The van der Waals surface area contributed by atoms with Crippen molar-refractivity contribution in [1.82, 2.24) is 4.98 Å². The highest BCUT2D eigenvalue weighted by Crippen LogP contribution is 2.19. The number of hydrogen-bond donors (Lipinski definition) is 1. The lowest BCUT2D eigenvalue weighted by Gasteiger charge is -2.42. The number of quaternary nitrogens is 1. The Hall–Kier alpha value is -1.32. The van der Waals surface area contributed by atoms with Crippen LogP contribution in [0.1, 0.15) is 32.3 Å². The minimum atomic E-state index is -0.0491. The van der Waals surface area contributed by atoms with Gasteiger partial charge in [0.2, 0.25) is 0 Å². The highest BCUT2D eigenvalue weighted by molar-refractivity contribution is 5.82. The Morgan fingerprint density at radius 3 is 2.42 bits per heavy atom. The van der Waals surface area contributed by atoms with Crippen molar-refractivity contribution in [3.8, 4) is 0 Å². The Labute approximate surface area is 115 Å². The molecule has 1 aromatic carbocycles. The fourth-order valence-electron chi connectivity index (χ4n) is 2.81. The molecule has 3 nitrogen and oxygen atoms in total. The summed E-state index contributed by atoms with van der Waals surface area (Å²) in [5.41, 5.74) is 2.42. The number of benzene rings is 1. The Bertz CT molecular complexity index is 512. The summed E-state index contributed by atoms with van der Waals surface area (Å²) < 4.78 is -0.0491. The van der Waals surface area contributed by atoms with E-state index in [1.165, 1.54) is 10.9 Å². The van der Waals surface area contributed by atoms with Crippen LogP contribution in [-0.2, 0) is 6.42 Å². The van der Waals surface area contributed by atoms with Crippen molar-refractivity contribution in [2.75, 3.05) is 19.6 Å². The first-order valence-corrected chi connectivity index (χ1v) is 7.30. The molecule has 0 spiro atoms. The second-order valence-electron chi connectivity index (χ2n) is 5.34. The maximum atomic E-state index is 12.7. The van der Waals surface area contributed by atoms with Gasteiger partial charge in [0, 0.05) is 23.5 Å². The molecular formula is C16H24N2O. The van der Waals surface area contributed by atoms with Gasteiger partial charge >= 0.3 is 0 Å². The summed E-state index contributed by atoms with van der Waals surface area (Å²) in [4.78, 5) is 3.28. The first-order valence-electron chi connectivity index (χ1n) is 7.30.